The van der Waals surface area contributed by atoms with E-state index in [4.69, 9.17) is 5.11 Å². The Balaban J connectivity index is 1.56. The molecule has 1 N–H and O–H groups in total. The first kappa shape index (κ1) is 11.9. The Kier molecular flexibility index (Phi) is 3.85. The van der Waals surface area contributed by atoms with Gasteiger partial charge in [-0.1, -0.05) is 19.3 Å². The SMILES string of the molecule is O=C(O)CCCCN1CC2(CCCCC2)C1. The molecule has 2 rings (SSSR count). The average Bonchev–Trinajstić information content (AvgIpc) is 2.23. The van der Waals surface area contributed by atoms with E-state index in [2.05, 4.69) is 4.90 Å². The van der Waals surface area contributed by atoms with Crippen LogP contribution < -0.4 is 0 Å². The summed E-state index contributed by atoms with van der Waals surface area (Å²) in [5.74, 6) is -0.660. The van der Waals surface area contributed by atoms with Crippen LogP contribution in [0.1, 0.15) is 51.4 Å². The number of aliphatic carboxylic acids is 1. The standard InChI is InChI=1S/C13H23NO2/c15-12(16)6-2-5-9-14-10-13(11-14)7-3-1-4-8-13/h1-11H2,(H,15,16). The summed E-state index contributed by atoms with van der Waals surface area (Å²) in [6.45, 7) is 3.66. The number of hydrogen-bond acceptors (Lipinski definition) is 2. The number of likely N-dealkylation sites (tertiary alicyclic amines) is 1. The number of hydrogen-bond donors (Lipinski definition) is 1. The molecule has 2 fully saturated rings. The highest BCUT2D eigenvalue weighted by Gasteiger charge is 2.42. The van der Waals surface area contributed by atoms with E-state index in [1.165, 1.54) is 45.2 Å². The van der Waals surface area contributed by atoms with Gasteiger partial charge in [-0.25, -0.2) is 0 Å². The summed E-state index contributed by atoms with van der Waals surface area (Å²) < 4.78 is 0. The molecule has 0 amide bonds. The molecule has 1 aliphatic carbocycles. The van der Waals surface area contributed by atoms with E-state index < -0.39 is 5.97 Å². The lowest BCUT2D eigenvalue weighted by Gasteiger charge is -2.52. The minimum absolute atomic E-state index is 0.332. The van der Waals surface area contributed by atoms with Crippen LogP contribution in [0.3, 0.4) is 0 Å². The van der Waals surface area contributed by atoms with E-state index in [1.54, 1.807) is 0 Å². The largest absolute Gasteiger partial charge is 0.481 e. The molecule has 3 heteroatoms. The second-order valence-corrected chi connectivity index (χ2v) is 5.62. The van der Waals surface area contributed by atoms with Crippen LogP contribution in [0, 0.1) is 5.41 Å². The third-order valence-electron chi connectivity index (χ3n) is 4.15. The van der Waals surface area contributed by atoms with E-state index in [1.807, 2.05) is 0 Å². The van der Waals surface area contributed by atoms with Crippen molar-refractivity contribution in [2.45, 2.75) is 51.4 Å². The minimum Gasteiger partial charge on any atom is -0.481 e. The molecule has 2 aliphatic rings. The van der Waals surface area contributed by atoms with Crippen molar-refractivity contribution in [1.82, 2.24) is 4.90 Å². The zero-order chi connectivity index (χ0) is 11.4. The second kappa shape index (κ2) is 5.17. The van der Waals surface area contributed by atoms with Gasteiger partial charge in [0.2, 0.25) is 0 Å². The van der Waals surface area contributed by atoms with Gasteiger partial charge >= 0.3 is 5.97 Å². The summed E-state index contributed by atoms with van der Waals surface area (Å²) in [6, 6.07) is 0. The fraction of sp³-hybridized carbons (Fsp3) is 0.923. The maximum atomic E-state index is 10.4. The maximum absolute atomic E-state index is 10.4. The van der Waals surface area contributed by atoms with Crippen molar-refractivity contribution < 1.29 is 9.90 Å². The minimum atomic E-state index is -0.660. The quantitative estimate of drug-likeness (QED) is 0.731. The molecule has 0 aromatic heterocycles. The lowest BCUT2D eigenvalue weighted by molar-refractivity contribution is -0.137. The van der Waals surface area contributed by atoms with Crippen molar-refractivity contribution in [1.29, 1.82) is 0 Å². The molecule has 92 valence electrons. The predicted octanol–water partition coefficient (Wildman–Crippen LogP) is 2.51. The van der Waals surface area contributed by atoms with Crippen LogP contribution in [0.25, 0.3) is 0 Å². The van der Waals surface area contributed by atoms with Gasteiger partial charge in [-0.3, -0.25) is 4.79 Å². The Morgan fingerprint density at radius 3 is 2.44 bits per heavy atom. The molecule has 1 heterocycles. The third-order valence-corrected chi connectivity index (χ3v) is 4.15. The Morgan fingerprint density at radius 2 is 1.81 bits per heavy atom. The molecule has 1 spiro atoms. The lowest BCUT2D eigenvalue weighted by Crippen LogP contribution is -2.57. The number of unbranched alkanes of at least 4 members (excludes halogenated alkanes) is 1. The molecule has 1 saturated carbocycles. The molecule has 1 saturated heterocycles. The Labute approximate surface area is 97.8 Å². The van der Waals surface area contributed by atoms with E-state index in [0.717, 1.165) is 19.4 Å². The Bertz CT molecular complexity index is 238. The molecule has 0 aromatic rings. The summed E-state index contributed by atoms with van der Waals surface area (Å²) in [4.78, 5) is 12.9. The van der Waals surface area contributed by atoms with E-state index >= 15 is 0 Å². The first-order chi connectivity index (χ1) is 7.70. The zero-order valence-electron chi connectivity index (χ0n) is 10.1. The second-order valence-electron chi connectivity index (χ2n) is 5.62. The van der Waals surface area contributed by atoms with Gasteiger partial charge < -0.3 is 10.0 Å². The van der Waals surface area contributed by atoms with Crippen LogP contribution in [-0.2, 0) is 4.79 Å². The van der Waals surface area contributed by atoms with Crippen LogP contribution in [0.4, 0.5) is 0 Å². The Hall–Kier alpha value is -0.570. The molecule has 0 bridgehead atoms. The van der Waals surface area contributed by atoms with Crippen LogP contribution in [0.5, 0.6) is 0 Å². The first-order valence-corrected chi connectivity index (χ1v) is 6.64. The van der Waals surface area contributed by atoms with E-state index in [-0.39, 0.29) is 0 Å². The van der Waals surface area contributed by atoms with Crippen LogP contribution in [0.2, 0.25) is 0 Å². The third kappa shape index (κ3) is 2.97. The summed E-state index contributed by atoms with van der Waals surface area (Å²) in [7, 11) is 0. The van der Waals surface area contributed by atoms with Crippen LogP contribution >= 0.6 is 0 Å². The highest BCUT2D eigenvalue weighted by atomic mass is 16.4. The molecule has 16 heavy (non-hydrogen) atoms. The first-order valence-electron chi connectivity index (χ1n) is 6.64. The van der Waals surface area contributed by atoms with Crippen LogP contribution in [0.15, 0.2) is 0 Å². The highest BCUT2D eigenvalue weighted by molar-refractivity contribution is 5.66. The molecule has 3 nitrogen and oxygen atoms in total. The van der Waals surface area contributed by atoms with Gasteiger partial charge in [-0.2, -0.15) is 0 Å². The molecule has 0 unspecified atom stereocenters. The number of carboxylic acid groups (broad SMARTS) is 1. The predicted molar refractivity (Wildman–Crippen MR) is 63.4 cm³/mol. The molecule has 1 aliphatic heterocycles. The van der Waals surface area contributed by atoms with Crippen molar-refractivity contribution in [2.75, 3.05) is 19.6 Å². The van der Waals surface area contributed by atoms with Gasteiger partial charge in [0.15, 0.2) is 0 Å². The van der Waals surface area contributed by atoms with Gasteiger partial charge in [-0.05, 0) is 37.6 Å². The molecule has 0 atom stereocenters. The highest BCUT2D eigenvalue weighted by Crippen LogP contribution is 2.43. The summed E-state index contributed by atoms with van der Waals surface area (Å²) in [6.07, 6.45) is 9.34. The summed E-state index contributed by atoms with van der Waals surface area (Å²) >= 11 is 0. The van der Waals surface area contributed by atoms with Crippen molar-refractivity contribution in [3.8, 4) is 0 Å². The number of rotatable bonds is 5. The number of carboxylic acids is 1. The molecule has 0 radical (unpaired) electrons. The normalized spacial score (nSPS) is 24.2. The van der Waals surface area contributed by atoms with Gasteiger partial charge in [0.05, 0.1) is 0 Å². The van der Waals surface area contributed by atoms with Gasteiger partial charge in [0, 0.05) is 19.5 Å². The Morgan fingerprint density at radius 1 is 1.12 bits per heavy atom. The number of carbonyl (C=O) groups is 1. The zero-order valence-corrected chi connectivity index (χ0v) is 10.1. The number of nitrogens with zero attached hydrogens (tertiary/aromatic N) is 1. The van der Waals surface area contributed by atoms with Gasteiger partial charge in [-0.15, -0.1) is 0 Å². The van der Waals surface area contributed by atoms with E-state index in [0.29, 0.717) is 11.8 Å². The van der Waals surface area contributed by atoms with Gasteiger partial charge in [0.25, 0.3) is 0 Å². The van der Waals surface area contributed by atoms with Crippen molar-refractivity contribution in [2.24, 2.45) is 5.41 Å². The smallest absolute Gasteiger partial charge is 0.303 e. The summed E-state index contributed by atoms with van der Waals surface area (Å²) in [5.41, 5.74) is 0.672. The van der Waals surface area contributed by atoms with Crippen molar-refractivity contribution >= 4 is 5.97 Å². The van der Waals surface area contributed by atoms with E-state index in [9.17, 15) is 4.79 Å². The topological polar surface area (TPSA) is 40.5 Å². The van der Waals surface area contributed by atoms with Crippen molar-refractivity contribution in [3.05, 3.63) is 0 Å². The average molecular weight is 225 g/mol. The summed E-state index contributed by atoms with van der Waals surface area (Å²) in [5, 5.41) is 8.54. The fourth-order valence-electron chi connectivity index (χ4n) is 3.29. The molecular weight excluding hydrogens is 202 g/mol. The molecule has 0 aromatic carbocycles. The van der Waals surface area contributed by atoms with Crippen LogP contribution in [-0.4, -0.2) is 35.6 Å². The van der Waals surface area contributed by atoms with Gasteiger partial charge in [0.1, 0.15) is 0 Å². The monoisotopic (exact) mass is 225 g/mol. The maximum Gasteiger partial charge on any atom is 0.303 e. The molecular formula is C13H23NO2. The lowest BCUT2D eigenvalue weighted by atomic mass is 9.68. The van der Waals surface area contributed by atoms with Crippen molar-refractivity contribution in [3.63, 3.8) is 0 Å². The fourth-order valence-corrected chi connectivity index (χ4v) is 3.29.